The van der Waals surface area contributed by atoms with Crippen molar-refractivity contribution in [1.29, 1.82) is 0 Å². The summed E-state index contributed by atoms with van der Waals surface area (Å²) in [5.41, 5.74) is -0.00269. The van der Waals surface area contributed by atoms with Crippen LogP contribution in [-0.2, 0) is 6.54 Å². The summed E-state index contributed by atoms with van der Waals surface area (Å²) in [4.78, 5) is 36.2. The lowest BCUT2D eigenvalue weighted by Crippen LogP contribution is -2.32. The van der Waals surface area contributed by atoms with Crippen LogP contribution in [-0.4, -0.2) is 67.5 Å². The summed E-state index contributed by atoms with van der Waals surface area (Å²) >= 11 is 6.05. The van der Waals surface area contributed by atoms with Crippen molar-refractivity contribution in [3.63, 3.8) is 0 Å². The first-order valence-corrected chi connectivity index (χ1v) is 8.95. The van der Waals surface area contributed by atoms with E-state index in [-0.39, 0.29) is 24.7 Å². The Bertz CT molecular complexity index is 1010. The van der Waals surface area contributed by atoms with E-state index >= 15 is 0 Å². The number of hydrogen-bond acceptors (Lipinski definition) is 7. The Balaban J connectivity index is 2.01. The van der Waals surface area contributed by atoms with Gasteiger partial charge in [0, 0.05) is 31.2 Å². The second-order valence-corrected chi connectivity index (χ2v) is 6.52. The number of hydrogen-bond donors (Lipinski definition) is 3. The highest BCUT2D eigenvalue weighted by atomic mass is 35.5. The van der Waals surface area contributed by atoms with Gasteiger partial charge in [0.05, 0.1) is 24.2 Å². The molecule has 0 spiro atoms. The van der Waals surface area contributed by atoms with Crippen LogP contribution in [0.1, 0.15) is 6.42 Å². The Hall–Kier alpha value is -2.33. The van der Waals surface area contributed by atoms with Crippen molar-refractivity contribution in [3.05, 3.63) is 44.1 Å². The lowest BCUT2D eigenvalue weighted by molar-refractivity contribution is 0.158. The van der Waals surface area contributed by atoms with Gasteiger partial charge in [0.2, 0.25) is 0 Å². The molecule has 1 aromatic carbocycles. The van der Waals surface area contributed by atoms with Gasteiger partial charge in [0.25, 0.3) is 5.56 Å². The summed E-state index contributed by atoms with van der Waals surface area (Å²) in [6.45, 7) is 2.02. The topological polar surface area (TPSA) is 124 Å². The monoisotopic (exact) mass is 393 g/mol. The van der Waals surface area contributed by atoms with Gasteiger partial charge in [-0.1, -0.05) is 11.6 Å². The van der Waals surface area contributed by atoms with Gasteiger partial charge in [-0.15, -0.1) is 0 Å². The van der Waals surface area contributed by atoms with Crippen molar-refractivity contribution in [2.24, 2.45) is 0 Å². The van der Waals surface area contributed by atoms with Gasteiger partial charge >= 0.3 is 5.69 Å². The Morgan fingerprint density at radius 3 is 2.56 bits per heavy atom. The molecule has 2 aliphatic rings. The Morgan fingerprint density at radius 1 is 1.11 bits per heavy atom. The van der Waals surface area contributed by atoms with Crippen LogP contribution in [0.25, 0.3) is 22.6 Å². The zero-order valence-corrected chi connectivity index (χ0v) is 15.3. The average molecular weight is 394 g/mol. The Morgan fingerprint density at radius 2 is 1.85 bits per heavy atom. The van der Waals surface area contributed by atoms with Crippen molar-refractivity contribution in [1.82, 2.24) is 24.4 Å². The minimum absolute atomic E-state index is 0.00321. The Labute approximate surface area is 159 Å². The van der Waals surface area contributed by atoms with Crippen LogP contribution >= 0.6 is 11.6 Å². The van der Waals surface area contributed by atoms with Crippen LogP contribution in [0.5, 0.6) is 0 Å². The third kappa shape index (κ3) is 4.33. The molecule has 3 N–H and O–H groups in total. The third-order valence-corrected chi connectivity index (χ3v) is 4.49. The van der Waals surface area contributed by atoms with Crippen molar-refractivity contribution >= 4 is 22.6 Å². The van der Waals surface area contributed by atoms with E-state index < -0.39 is 11.2 Å². The molecule has 0 atom stereocenters. The van der Waals surface area contributed by atoms with Crippen LogP contribution in [0.2, 0.25) is 5.02 Å². The number of H-pyrrole nitrogens is 1. The first kappa shape index (κ1) is 19.4. The van der Waals surface area contributed by atoms with Crippen LogP contribution in [0, 0.1) is 0 Å². The maximum Gasteiger partial charge on any atom is 0.349 e. The van der Waals surface area contributed by atoms with Crippen molar-refractivity contribution in [2.45, 2.75) is 13.0 Å². The fourth-order valence-electron chi connectivity index (χ4n) is 3.07. The number of nitrogens with zero attached hydrogens (tertiary/aromatic N) is 4. The molecule has 27 heavy (non-hydrogen) atoms. The number of benzene rings is 1. The van der Waals surface area contributed by atoms with Gasteiger partial charge in [-0.25, -0.2) is 9.78 Å². The van der Waals surface area contributed by atoms with E-state index in [0.29, 0.717) is 48.7 Å². The smallest absolute Gasteiger partial charge is 0.349 e. The SMILES string of the molecule is O=c1nc2n(CCCN(CCO)CCO)c3ccc(Cl)cc3nc-2c(=O)[nH]1. The first-order chi connectivity index (χ1) is 13.0. The van der Waals surface area contributed by atoms with Gasteiger partial charge in [-0.3, -0.25) is 14.7 Å². The largest absolute Gasteiger partial charge is 0.395 e. The molecule has 1 aromatic rings. The number of aromatic amines is 1. The molecule has 0 saturated carbocycles. The minimum Gasteiger partial charge on any atom is -0.395 e. The van der Waals surface area contributed by atoms with Crippen LogP contribution in [0.15, 0.2) is 27.8 Å². The molecule has 2 heterocycles. The average Bonchev–Trinajstić information content (AvgIpc) is 2.62. The molecule has 0 aromatic heterocycles. The highest BCUT2D eigenvalue weighted by Gasteiger charge is 2.18. The molecular weight excluding hydrogens is 374 g/mol. The third-order valence-electron chi connectivity index (χ3n) is 4.26. The molecule has 144 valence electrons. The molecule has 9 nitrogen and oxygen atoms in total. The number of rotatable bonds is 8. The van der Waals surface area contributed by atoms with E-state index in [1.807, 2.05) is 4.90 Å². The first-order valence-electron chi connectivity index (χ1n) is 8.57. The number of fused-ring (bicyclic) bond motifs is 2. The van der Waals surface area contributed by atoms with Crippen LogP contribution in [0.3, 0.4) is 0 Å². The highest BCUT2D eigenvalue weighted by Crippen LogP contribution is 2.23. The van der Waals surface area contributed by atoms with Gasteiger partial charge in [0.1, 0.15) is 0 Å². The summed E-state index contributed by atoms with van der Waals surface area (Å²) in [6, 6.07) is 5.14. The number of nitrogens with one attached hydrogen (secondary N) is 1. The van der Waals surface area contributed by atoms with E-state index in [1.165, 1.54) is 0 Å². The molecule has 0 aliphatic carbocycles. The molecule has 0 bridgehead atoms. The predicted octanol–water partition coefficient (Wildman–Crippen LogP) is -0.0853. The number of aromatic nitrogens is 4. The summed E-state index contributed by atoms with van der Waals surface area (Å²) in [5.74, 6) is 0.217. The number of aryl methyl sites for hydroxylation is 1. The minimum atomic E-state index is -0.724. The zero-order valence-electron chi connectivity index (χ0n) is 14.6. The molecule has 0 radical (unpaired) electrons. The van der Waals surface area contributed by atoms with Crippen LogP contribution < -0.4 is 11.2 Å². The van der Waals surface area contributed by atoms with E-state index in [0.717, 1.165) is 0 Å². The molecule has 10 heteroatoms. The Kier molecular flexibility index (Phi) is 6.17. The number of halogens is 1. The molecule has 0 unspecified atom stereocenters. The summed E-state index contributed by atoms with van der Waals surface area (Å²) < 4.78 is 1.78. The standard InChI is InChI=1S/C17H20ClN5O4/c18-11-2-3-13-12(10-11)19-14-15(20-17(27)21-16(14)26)23(13)5-1-4-22(6-8-24)7-9-25/h2-3,10,24-25H,1,4-9H2,(H,21,26,27). The predicted molar refractivity (Wildman–Crippen MR) is 101 cm³/mol. The maximum absolute atomic E-state index is 12.2. The zero-order chi connectivity index (χ0) is 19.4. The van der Waals surface area contributed by atoms with Gasteiger partial charge in [-0.2, -0.15) is 4.98 Å². The lowest BCUT2D eigenvalue weighted by Gasteiger charge is -2.21. The highest BCUT2D eigenvalue weighted by molar-refractivity contribution is 6.31. The normalized spacial score (nSPS) is 11.7. The fraction of sp³-hybridized carbons (Fsp3) is 0.412. The second kappa shape index (κ2) is 8.57. The van der Waals surface area contributed by atoms with E-state index in [9.17, 15) is 9.59 Å². The quantitative estimate of drug-likeness (QED) is 0.457. The molecule has 0 amide bonds. The molecule has 0 fully saturated rings. The molecule has 0 saturated heterocycles. The molecular formula is C17H20ClN5O4. The van der Waals surface area contributed by atoms with Crippen molar-refractivity contribution < 1.29 is 10.2 Å². The lowest BCUT2D eigenvalue weighted by atomic mass is 10.2. The number of aliphatic hydroxyl groups excluding tert-OH is 2. The van der Waals surface area contributed by atoms with E-state index in [4.69, 9.17) is 21.8 Å². The molecule has 2 aliphatic heterocycles. The summed E-state index contributed by atoms with van der Waals surface area (Å²) in [5, 5.41) is 18.7. The number of aliphatic hydroxyl groups is 2. The van der Waals surface area contributed by atoms with E-state index in [2.05, 4.69) is 15.0 Å². The van der Waals surface area contributed by atoms with E-state index in [1.54, 1.807) is 22.8 Å². The van der Waals surface area contributed by atoms with Gasteiger partial charge in [-0.05, 0) is 24.6 Å². The summed E-state index contributed by atoms with van der Waals surface area (Å²) in [6.07, 6.45) is 0.657. The maximum atomic E-state index is 12.2. The fourth-order valence-corrected chi connectivity index (χ4v) is 3.24. The van der Waals surface area contributed by atoms with Crippen molar-refractivity contribution in [3.8, 4) is 11.5 Å². The van der Waals surface area contributed by atoms with Gasteiger partial charge in [0.15, 0.2) is 11.5 Å². The van der Waals surface area contributed by atoms with Crippen molar-refractivity contribution in [2.75, 3.05) is 32.8 Å². The molecule has 3 rings (SSSR count). The second-order valence-electron chi connectivity index (χ2n) is 6.08. The summed E-state index contributed by atoms with van der Waals surface area (Å²) in [7, 11) is 0. The van der Waals surface area contributed by atoms with Crippen LogP contribution in [0.4, 0.5) is 0 Å². The van der Waals surface area contributed by atoms with Gasteiger partial charge < -0.3 is 14.8 Å².